The minimum absolute atomic E-state index is 0.0156. The van der Waals surface area contributed by atoms with Crippen LogP contribution < -0.4 is 0 Å². The van der Waals surface area contributed by atoms with E-state index in [4.69, 9.17) is 0 Å². The molecule has 3 heterocycles. The molecule has 1 aromatic carbocycles. The van der Waals surface area contributed by atoms with Crippen LogP contribution in [-0.2, 0) is 6.54 Å². The zero-order chi connectivity index (χ0) is 18.8. The first-order valence-electron chi connectivity index (χ1n) is 9.14. The second-order valence-electron chi connectivity index (χ2n) is 6.74. The van der Waals surface area contributed by atoms with Crippen molar-refractivity contribution in [2.24, 2.45) is 0 Å². The number of hydrogen-bond acceptors (Lipinski definition) is 4. The summed E-state index contributed by atoms with van der Waals surface area (Å²) in [6.07, 6.45) is 3.74. The molecule has 3 aromatic rings. The van der Waals surface area contributed by atoms with Gasteiger partial charge in [-0.25, -0.2) is 0 Å². The highest BCUT2D eigenvalue weighted by molar-refractivity contribution is 9.10. The highest BCUT2D eigenvalue weighted by Crippen LogP contribution is 2.27. The molecule has 1 fully saturated rings. The molecule has 0 aliphatic carbocycles. The lowest BCUT2D eigenvalue weighted by atomic mass is 9.96. The highest BCUT2D eigenvalue weighted by Gasteiger charge is 2.29. The number of nitrogens with zero attached hydrogens (tertiary/aromatic N) is 5. The smallest absolute Gasteiger partial charge is 0.271 e. The fourth-order valence-corrected chi connectivity index (χ4v) is 3.83. The number of rotatable bonds is 4. The van der Waals surface area contributed by atoms with Crippen LogP contribution >= 0.6 is 15.9 Å². The van der Waals surface area contributed by atoms with E-state index in [2.05, 4.69) is 47.8 Å². The SMILES string of the molecule is CCn1cnnc1C1CCCN(C(=O)c2cc(-c3ccc(Br)cc3)n[nH]2)C1. The van der Waals surface area contributed by atoms with Crippen molar-refractivity contribution in [2.45, 2.75) is 32.2 Å². The van der Waals surface area contributed by atoms with E-state index in [9.17, 15) is 4.79 Å². The fourth-order valence-electron chi connectivity index (χ4n) is 3.57. The van der Waals surface area contributed by atoms with Gasteiger partial charge >= 0.3 is 0 Å². The third-order valence-electron chi connectivity index (χ3n) is 5.01. The molecule has 1 amide bonds. The summed E-state index contributed by atoms with van der Waals surface area (Å²) < 4.78 is 3.07. The predicted molar refractivity (Wildman–Crippen MR) is 105 cm³/mol. The maximum absolute atomic E-state index is 13.0. The van der Waals surface area contributed by atoms with E-state index in [0.717, 1.165) is 47.5 Å². The first-order valence-corrected chi connectivity index (χ1v) is 9.93. The van der Waals surface area contributed by atoms with Crippen LogP contribution in [0, 0.1) is 0 Å². The Kier molecular flexibility index (Phi) is 5.07. The molecule has 1 aliphatic heterocycles. The molecule has 4 rings (SSSR count). The van der Waals surface area contributed by atoms with Crippen LogP contribution in [0.25, 0.3) is 11.3 Å². The van der Waals surface area contributed by atoms with E-state index in [1.54, 1.807) is 6.33 Å². The van der Waals surface area contributed by atoms with Crippen molar-refractivity contribution in [3.8, 4) is 11.3 Å². The number of hydrogen-bond donors (Lipinski definition) is 1. The Hall–Kier alpha value is -2.48. The van der Waals surface area contributed by atoms with Crippen molar-refractivity contribution in [3.63, 3.8) is 0 Å². The molecule has 8 heteroatoms. The van der Waals surface area contributed by atoms with Gasteiger partial charge in [0, 0.05) is 35.6 Å². The van der Waals surface area contributed by atoms with Crippen molar-refractivity contribution in [3.05, 3.63) is 52.7 Å². The first kappa shape index (κ1) is 17.9. The van der Waals surface area contributed by atoms with Crippen LogP contribution in [0.15, 0.2) is 41.1 Å². The van der Waals surface area contributed by atoms with Gasteiger partial charge in [0.25, 0.3) is 5.91 Å². The monoisotopic (exact) mass is 428 g/mol. The lowest BCUT2D eigenvalue weighted by Gasteiger charge is -2.32. The van der Waals surface area contributed by atoms with E-state index in [-0.39, 0.29) is 11.8 Å². The van der Waals surface area contributed by atoms with Gasteiger partial charge in [-0.2, -0.15) is 5.10 Å². The molecule has 1 unspecified atom stereocenters. The topological polar surface area (TPSA) is 79.7 Å². The molecule has 1 atom stereocenters. The van der Waals surface area contributed by atoms with Gasteiger partial charge in [-0.15, -0.1) is 10.2 Å². The molecule has 0 bridgehead atoms. The second kappa shape index (κ2) is 7.64. The predicted octanol–water partition coefficient (Wildman–Crippen LogP) is 3.47. The number of piperidine rings is 1. The molecule has 1 saturated heterocycles. The Bertz CT molecular complexity index is 932. The summed E-state index contributed by atoms with van der Waals surface area (Å²) in [6.45, 7) is 4.32. The number of halogens is 1. The molecular weight excluding hydrogens is 408 g/mol. The van der Waals surface area contributed by atoms with E-state index < -0.39 is 0 Å². The van der Waals surface area contributed by atoms with Crippen LogP contribution in [0.5, 0.6) is 0 Å². The zero-order valence-electron chi connectivity index (χ0n) is 15.1. The lowest BCUT2D eigenvalue weighted by molar-refractivity contribution is 0.0697. The van der Waals surface area contributed by atoms with Crippen molar-refractivity contribution >= 4 is 21.8 Å². The fraction of sp³-hybridized carbons (Fsp3) is 0.368. The molecule has 0 spiro atoms. The van der Waals surface area contributed by atoms with Gasteiger partial charge in [0.15, 0.2) is 0 Å². The number of aryl methyl sites for hydroxylation is 1. The Morgan fingerprint density at radius 2 is 2.15 bits per heavy atom. The van der Waals surface area contributed by atoms with Gasteiger partial charge in [0.1, 0.15) is 17.8 Å². The van der Waals surface area contributed by atoms with Crippen molar-refractivity contribution in [1.82, 2.24) is 29.9 Å². The number of carbonyl (C=O) groups is 1. The summed E-state index contributed by atoms with van der Waals surface area (Å²) in [5.74, 6) is 1.17. The Balaban J connectivity index is 1.50. The summed E-state index contributed by atoms with van der Waals surface area (Å²) in [5, 5.41) is 15.5. The maximum atomic E-state index is 13.0. The summed E-state index contributed by atoms with van der Waals surface area (Å²) in [4.78, 5) is 14.9. The number of H-pyrrole nitrogens is 1. The number of carbonyl (C=O) groups excluding carboxylic acids is 1. The zero-order valence-corrected chi connectivity index (χ0v) is 16.7. The first-order chi connectivity index (χ1) is 13.2. The van der Waals surface area contributed by atoms with Crippen molar-refractivity contribution in [2.75, 3.05) is 13.1 Å². The Morgan fingerprint density at radius 1 is 1.33 bits per heavy atom. The number of aromatic amines is 1. The summed E-state index contributed by atoms with van der Waals surface area (Å²) in [5.41, 5.74) is 2.26. The average Bonchev–Trinajstić information content (AvgIpc) is 3.37. The van der Waals surface area contributed by atoms with Crippen LogP contribution in [0.1, 0.15) is 42.0 Å². The van der Waals surface area contributed by atoms with E-state index in [1.807, 2.05) is 35.2 Å². The molecule has 7 nitrogen and oxygen atoms in total. The van der Waals surface area contributed by atoms with Crippen LogP contribution in [0.2, 0.25) is 0 Å². The Labute approximate surface area is 165 Å². The third kappa shape index (κ3) is 3.66. The van der Waals surface area contributed by atoms with Gasteiger partial charge < -0.3 is 9.47 Å². The van der Waals surface area contributed by atoms with Gasteiger partial charge in [0.2, 0.25) is 0 Å². The minimum atomic E-state index is -0.0156. The maximum Gasteiger partial charge on any atom is 0.271 e. The van der Waals surface area contributed by atoms with Crippen LogP contribution in [0.3, 0.4) is 0 Å². The molecule has 140 valence electrons. The number of benzene rings is 1. The number of nitrogens with one attached hydrogen (secondary N) is 1. The van der Waals surface area contributed by atoms with Crippen LogP contribution in [0.4, 0.5) is 0 Å². The number of amides is 1. The average molecular weight is 429 g/mol. The Morgan fingerprint density at radius 3 is 2.93 bits per heavy atom. The van der Waals surface area contributed by atoms with Gasteiger partial charge in [-0.1, -0.05) is 28.1 Å². The molecule has 1 aliphatic rings. The largest absolute Gasteiger partial charge is 0.337 e. The standard InChI is InChI=1S/C19H21BrN6O/c1-2-25-12-21-24-18(25)14-4-3-9-26(11-14)19(27)17-10-16(22-23-17)13-5-7-15(20)8-6-13/h5-8,10,12,14H,2-4,9,11H2,1H3,(H,22,23). The summed E-state index contributed by atoms with van der Waals surface area (Å²) >= 11 is 3.43. The molecule has 27 heavy (non-hydrogen) atoms. The van der Waals surface area contributed by atoms with Crippen molar-refractivity contribution < 1.29 is 4.79 Å². The molecule has 1 N–H and O–H groups in total. The van der Waals surface area contributed by atoms with Gasteiger partial charge in [-0.05, 0) is 38.0 Å². The highest BCUT2D eigenvalue weighted by atomic mass is 79.9. The molecular formula is C19H21BrN6O. The molecule has 0 radical (unpaired) electrons. The third-order valence-corrected chi connectivity index (χ3v) is 5.54. The summed E-state index contributed by atoms with van der Waals surface area (Å²) in [6, 6.07) is 9.70. The normalized spacial score (nSPS) is 17.3. The molecule has 2 aromatic heterocycles. The summed E-state index contributed by atoms with van der Waals surface area (Å²) in [7, 11) is 0. The van der Waals surface area contributed by atoms with Gasteiger partial charge in [0.05, 0.1) is 5.69 Å². The van der Waals surface area contributed by atoms with E-state index >= 15 is 0 Å². The van der Waals surface area contributed by atoms with E-state index in [0.29, 0.717) is 12.2 Å². The van der Waals surface area contributed by atoms with E-state index in [1.165, 1.54) is 0 Å². The van der Waals surface area contributed by atoms with Gasteiger partial charge in [-0.3, -0.25) is 9.89 Å². The molecule has 0 saturated carbocycles. The van der Waals surface area contributed by atoms with Crippen LogP contribution in [-0.4, -0.2) is 48.9 Å². The number of likely N-dealkylation sites (tertiary alicyclic amines) is 1. The quantitative estimate of drug-likeness (QED) is 0.689. The lowest BCUT2D eigenvalue weighted by Crippen LogP contribution is -2.40. The minimum Gasteiger partial charge on any atom is -0.337 e. The second-order valence-corrected chi connectivity index (χ2v) is 7.65. The van der Waals surface area contributed by atoms with Crippen molar-refractivity contribution in [1.29, 1.82) is 0 Å². The number of aromatic nitrogens is 5.